The number of halogens is 1. The Bertz CT molecular complexity index is 1650. The zero-order valence-corrected chi connectivity index (χ0v) is 23.8. The van der Waals surface area contributed by atoms with E-state index >= 15 is 0 Å². The molecule has 0 fully saturated rings. The summed E-state index contributed by atoms with van der Waals surface area (Å²) in [5.74, 6) is 0.515. The molecule has 3 N–H and O–H groups in total. The summed E-state index contributed by atoms with van der Waals surface area (Å²) >= 11 is 6.26. The summed E-state index contributed by atoms with van der Waals surface area (Å²) in [6.07, 6.45) is 2.18. The van der Waals surface area contributed by atoms with Crippen molar-refractivity contribution in [2.75, 3.05) is 12.4 Å². The molecule has 214 valence electrons. The number of aromatic nitrogens is 6. The van der Waals surface area contributed by atoms with Crippen molar-refractivity contribution in [1.82, 2.24) is 35.5 Å². The van der Waals surface area contributed by atoms with Crippen LogP contribution in [0.15, 0.2) is 79.1 Å². The van der Waals surface area contributed by atoms with Crippen LogP contribution in [0.3, 0.4) is 0 Å². The number of hydrogen-bond donors (Lipinski definition) is 3. The fourth-order valence-corrected chi connectivity index (χ4v) is 4.83. The van der Waals surface area contributed by atoms with Crippen molar-refractivity contribution in [3.63, 3.8) is 0 Å². The summed E-state index contributed by atoms with van der Waals surface area (Å²) in [6.45, 7) is 1.94. The number of ether oxygens (including phenoxy) is 1. The van der Waals surface area contributed by atoms with Crippen molar-refractivity contribution in [2.45, 2.75) is 32.2 Å². The Balaban J connectivity index is 1.34. The molecule has 2 amide bonds. The van der Waals surface area contributed by atoms with Crippen LogP contribution in [0.4, 0.5) is 10.5 Å². The second-order valence-electron chi connectivity index (χ2n) is 9.63. The molecule has 0 aliphatic heterocycles. The van der Waals surface area contributed by atoms with Crippen molar-refractivity contribution >= 4 is 29.3 Å². The van der Waals surface area contributed by atoms with Crippen LogP contribution >= 0.6 is 11.6 Å². The number of methoxy groups -OCH3 is 1. The van der Waals surface area contributed by atoms with Gasteiger partial charge in [0.1, 0.15) is 12.2 Å². The van der Waals surface area contributed by atoms with Gasteiger partial charge in [-0.1, -0.05) is 54.1 Å². The molecule has 5 aromatic rings. The lowest BCUT2D eigenvalue weighted by atomic mass is 10.0. The van der Waals surface area contributed by atoms with E-state index in [1.54, 1.807) is 22.9 Å². The van der Waals surface area contributed by atoms with Gasteiger partial charge in [0.2, 0.25) is 5.91 Å². The fourth-order valence-electron chi connectivity index (χ4n) is 4.64. The molecule has 12 heteroatoms. The standard InChI is InChI=1S/C30H29ClN8O3/c1-19-28(21-8-12-24(13-9-21)34-30(41)42-2)36-29(33-19)25(16-20-6-4-3-5-7-20)35-27(40)15-10-22-17-23(31)11-14-26(22)39-18-32-37-38-39/h3-9,11-14,17-18,25H,10,15-16H2,1-2H3,(H,33,36)(H,34,41)(H,35,40)/t25-/m0/s1. The highest BCUT2D eigenvalue weighted by Gasteiger charge is 2.21. The van der Waals surface area contributed by atoms with Crippen LogP contribution in [0, 0.1) is 6.92 Å². The van der Waals surface area contributed by atoms with Gasteiger partial charge in [-0.25, -0.2) is 14.5 Å². The van der Waals surface area contributed by atoms with E-state index < -0.39 is 12.1 Å². The molecule has 2 heterocycles. The molecular weight excluding hydrogens is 556 g/mol. The molecule has 5 rings (SSSR count). The average Bonchev–Trinajstić information content (AvgIpc) is 3.67. The maximum Gasteiger partial charge on any atom is 0.411 e. The number of H-pyrrole nitrogens is 1. The van der Waals surface area contributed by atoms with E-state index in [0.29, 0.717) is 29.4 Å². The zero-order valence-electron chi connectivity index (χ0n) is 23.0. The number of nitrogens with one attached hydrogen (secondary N) is 3. The normalized spacial score (nSPS) is 11.6. The van der Waals surface area contributed by atoms with E-state index in [1.165, 1.54) is 13.4 Å². The van der Waals surface area contributed by atoms with Crippen LogP contribution in [-0.4, -0.2) is 49.3 Å². The second kappa shape index (κ2) is 13.1. The minimum atomic E-state index is -0.539. The number of benzene rings is 3. The predicted octanol–water partition coefficient (Wildman–Crippen LogP) is 5.23. The molecule has 0 aliphatic carbocycles. The third kappa shape index (κ3) is 6.99. The minimum Gasteiger partial charge on any atom is -0.453 e. The summed E-state index contributed by atoms with van der Waals surface area (Å²) < 4.78 is 6.20. The molecule has 0 unspecified atom stereocenters. The van der Waals surface area contributed by atoms with E-state index in [0.717, 1.165) is 33.8 Å². The van der Waals surface area contributed by atoms with Gasteiger partial charge in [-0.05, 0) is 71.7 Å². The van der Waals surface area contributed by atoms with Crippen molar-refractivity contribution in [1.29, 1.82) is 0 Å². The average molecular weight is 585 g/mol. The summed E-state index contributed by atoms with van der Waals surface area (Å²) in [4.78, 5) is 33.1. The van der Waals surface area contributed by atoms with Crippen molar-refractivity contribution in [2.24, 2.45) is 0 Å². The number of anilines is 1. The number of amides is 2. The van der Waals surface area contributed by atoms with E-state index in [9.17, 15) is 9.59 Å². The number of tetrazole rings is 1. The van der Waals surface area contributed by atoms with E-state index in [1.807, 2.05) is 61.5 Å². The Hall–Kier alpha value is -5.03. The topological polar surface area (TPSA) is 140 Å². The summed E-state index contributed by atoms with van der Waals surface area (Å²) in [7, 11) is 1.31. The highest BCUT2D eigenvalue weighted by molar-refractivity contribution is 6.30. The third-order valence-corrected chi connectivity index (χ3v) is 6.93. The first-order chi connectivity index (χ1) is 20.4. The van der Waals surface area contributed by atoms with E-state index in [4.69, 9.17) is 16.6 Å². The maximum absolute atomic E-state index is 13.3. The highest BCUT2D eigenvalue weighted by atomic mass is 35.5. The number of rotatable bonds is 10. The van der Waals surface area contributed by atoms with Crippen LogP contribution in [0.2, 0.25) is 5.02 Å². The molecule has 2 aromatic heterocycles. The van der Waals surface area contributed by atoms with Gasteiger partial charge in [-0.2, -0.15) is 0 Å². The smallest absolute Gasteiger partial charge is 0.411 e. The number of aryl methyl sites for hydroxylation is 2. The molecule has 0 radical (unpaired) electrons. The Labute approximate surface area is 247 Å². The highest BCUT2D eigenvalue weighted by Crippen LogP contribution is 2.27. The molecule has 0 saturated heterocycles. The first kappa shape index (κ1) is 28.5. The molecular formula is C30H29ClN8O3. The van der Waals surface area contributed by atoms with Gasteiger partial charge in [0.15, 0.2) is 0 Å². The maximum atomic E-state index is 13.3. The van der Waals surface area contributed by atoms with Crippen molar-refractivity contribution in [3.05, 3.63) is 107 Å². The number of hydrogen-bond acceptors (Lipinski definition) is 7. The van der Waals surface area contributed by atoms with Gasteiger partial charge >= 0.3 is 6.09 Å². The number of aromatic amines is 1. The monoisotopic (exact) mass is 584 g/mol. The van der Waals surface area contributed by atoms with E-state index in [2.05, 4.69) is 35.9 Å². The Morgan fingerprint density at radius 3 is 2.57 bits per heavy atom. The first-order valence-electron chi connectivity index (χ1n) is 13.3. The Kier molecular flexibility index (Phi) is 8.88. The number of nitrogens with zero attached hydrogens (tertiary/aromatic N) is 5. The minimum absolute atomic E-state index is 0.132. The molecule has 0 aliphatic rings. The molecule has 11 nitrogen and oxygen atoms in total. The Morgan fingerprint density at radius 2 is 1.86 bits per heavy atom. The van der Waals surface area contributed by atoms with Crippen LogP contribution < -0.4 is 10.6 Å². The molecule has 0 spiro atoms. The SMILES string of the molecule is COC(=O)Nc1ccc(-c2nc([C@H](Cc3ccccc3)NC(=O)CCc3cc(Cl)ccc3-n3cnnn3)[nH]c2C)cc1. The largest absolute Gasteiger partial charge is 0.453 e. The number of carbonyl (C=O) groups is 2. The first-order valence-corrected chi connectivity index (χ1v) is 13.6. The summed E-state index contributed by atoms with van der Waals surface area (Å²) in [6, 6.07) is 22.3. The molecule has 0 bridgehead atoms. The van der Waals surface area contributed by atoms with Crippen LogP contribution in [0.5, 0.6) is 0 Å². The van der Waals surface area contributed by atoms with Crippen LogP contribution in [-0.2, 0) is 22.4 Å². The van der Waals surface area contributed by atoms with Crippen LogP contribution in [0.25, 0.3) is 16.9 Å². The molecule has 42 heavy (non-hydrogen) atoms. The second-order valence-corrected chi connectivity index (χ2v) is 10.1. The fraction of sp³-hybridized carbons (Fsp3) is 0.200. The number of imidazole rings is 1. The van der Waals surface area contributed by atoms with Gasteiger partial charge in [0, 0.05) is 28.4 Å². The van der Waals surface area contributed by atoms with Gasteiger partial charge in [0.05, 0.1) is 24.5 Å². The van der Waals surface area contributed by atoms with Crippen LogP contribution in [0.1, 0.15) is 35.1 Å². The van der Waals surface area contributed by atoms with E-state index in [-0.39, 0.29) is 12.3 Å². The lowest BCUT2D eigenvalue weighted by molar-refractivity contribution is -0.121. The zero-order chi connectivity index (χ0) is 29.5. The Morgan fingerprint density at radius 1 is 1.07 bits per heavy atom. The van der Waals surface area contributed by atoms with Gasteiger partial charge < -0.3 is 15.0 Å². The molecule has 0 saturated carbocycles. The number of carbonyl (C=O) groups excluding carboxylic acids is 2. The van der Waals surface area contributed by atoms with Crippen molar-refractivity contribution < 1.29 is 14.3 Å². The third-order valence-electron chi connectivity index (χ3n) is 6.70. The van der Waals surface area contributed by atoms with Gasteiger partial charge in [-0.3, -0.25) is 10.1 Å². The summed E-state index contributed by atoms with van der Waals surface area (Å²) in [5, 5.41) is 17.8. The lowest BCUT2D eigenvalue weighted by Crippen LogP contribution is -2.31. The lowest BCUT2D eigenvalue weighted by Gasteiger charge is -2.17. The predicted molar refractivity (Wildman–Crippen MR) is 158 cm³/mol. The van der Waals surface area contributed by atoms with Gasteiger partial charge in [-0.15, -0.1) is 5.10 Å². The quantitative estimate of drug-likeness (QED) is 0.204. The van der Waals surface area contributed by atoms with Gasteiger partial charge in [0.25, 0.3) is 0 Å². The summed E-state index contributed by atoms with van der Waals surface area (Å²) in [5.41, 5.74) is 5.76. The molecule has 3 aromatic carbocycles. The van der Waals surface area contributed by atoms with Crippen molar-refractivity contribution in [3.8, 4) is 16.9 Å². The molecule has 1 atom stereocenters.